The molecule has 0 spiro atoms. The molecule has 1 aromatic carbocycles. The van der Waals surface area contributed by atoms with Crippen molar-refractivity contribution < 1.29 is 13.2 Å². The summed E-state index contributed by atoms with van der Waals surface area (Å²) in [7, 11) is -1.40. The molecule has 7 heteroatoms. The maximum Gasteiger partial charge on any atom is 0.237 e. The average Bonchev–Trinajstić information content (AvgIpc) is 2.56. The van der Waals surface area contributed by atoms with E-state index in [1.807, 2.05) is 37.4 Å². The minimum absolute atomic E-state index is 0. The van der Waals surface area contributed by atoms with E-state index in [0.717, 1.165) is 31.4 Å². The van der Waals surface area contributed by atoms with Gasteiger partial charge in [-0.3, -0.25) is 4.79 Å². The Balaban J connectivity index is 0.00000312. The van der Waals surface area contributed by atoms with Gasteiger partial charge in [-0.1, -0.05) is 30.3 Å². The van der Waals surface area contributed by atoms with E-state index in [9.17, 15) is 13.2 Å². The Kier molecular flexibility index (Phi) is 9.46. The fraction of sp³-hybridized carbons (Fsp3) is 0.611. The Bertz CT molecular complexity index is 614. The maximum absolute atomic E-state index is 12.2. The number of amides is 1. The van der Waals surface area contributed by atoms with Crippen molar-refractivity contribution in [3.63, 3.8) is 0 Å². The van der Waals surface area contributed by atoms with E-state index >= 15 is 0 Å². The first-order valence-corrected chi connectivity index (χ1v) is 10.5. The summed E-state index contributed by atoms with van der Waals surface area (Å²) in [6, 6.07) is 9.83. The molecular formula is C18H29ClN2O3S. The molecule has 0 aromatic heterocycles. The maximum atomic E-state index is 12.2. The quantitative estimate of drug-likeness (QED) is 0.738. The van der Waals surface area contributed by atoms with Crippen LogP contribution >= 0.6 is 12.4 Å². The fourth-order valence-electron chi connectivity index (χ4n) is 3.17. The monoisotopic (exact) mass is 388 g/mol. The first-order valence-electron chi connectivity index (χ1n) is 8.67. The summed E-state index contributed by atoms with van der Waals surface area (Å²) in [6.45, 7) is 2.30. The van der Waals surface area contributed by atoms with Crippen LogP contribution in [-0.4, -0.2) is 57.4 Å². The van der Waals surface area contributed by atoms with Gasteiger partial charge in [0.05, 0.1) is 5.75 Å². The molecular weight excluding hydrogens is 360 g/mol. The number of carbonyl (C=O) groups is 1. The average molecular weight is 389 g/mol. The van der Waals surface area contributed by atoms with Gasteiger partial charge in [0.2, 0.25) is 5.91 Å². The van der Waals surface area contributed by atoms with Crippen LogP contribution < -0.4 is 5.32 Å². The summed E-state index contributed by atoms with van der Waals surface area (Å²) in [6.07, 6.45) is 3.18. The van der Waals surface area contributed by atoms with Gasteiger partial charge in [0, 0.05) is 13.1 Å². The van der Waals surface area contributed by atoms with E-state index in [1.165, 1.54) is 0 Å². The van der Waals surface area contributed by atoms with E-state index in [0.29, 0.717) is 25.4 Å². The Hall–Kier alpha value is -1.11. The molecule has 142 valence electrons. The van der Waals surface area contributed by atoms with E-state index < -0.39 is 9.84 Å². The van der Waals surface area contributed by atoms with Gasteiger partial charge in [-0.25, -0.2) is 8.42 Å². The number of aryl methyl sites for hydroxylation is 1. The number of hydrogen-bond acceptors (Lipinski definition) is 4. The lowest BCUT2D eigenvalue weighted by molar-refractivity contribution is -0.129. The van der Waals surface area contributed by atoms with Crippen LogP contribution in [0.1, 0.15) is 24.8 Å². The van der Waals surface area contributed by atoms with Crippen molar-refractivity contribution in [3.05, 3.63) is 35.9 Å². The van der Waals surface area contributed by atoms with Crippen LogP contribution in [0.5, 0.6) is 0 Å². The Morgan fingerprint density at radius 3 is 2.44 bits per heavy atom. The van der Waals surface area contributed by atoms with Crippen molar-refractivity contribution >= 4 is 28.2 Å². The summed E-state index contributed by atoms with van der Waals surface area (Å²) in [4.78, 5) is 14.0. The second-order valence-corrected chi connectivity index (χ2v) is 8.75. The minimum Gasteiger partial charge on any atom is -0.342 e. The van der Waals surface area contributed by atoms with Crippen molar-refractivity contribution in [2.24, 2.45) is 5.92 Å². The zero-order chi connectivity index (χ0) is 17.4. The molecule has 1 aromatic rings. The third-order valence-corrected chi connectivity index (χ3v) is 6.16. The van der Waals surface area contributed by atoms with Crippen molar-refractivity contribution in [1.29, 1.82) is 0 Å². The van der Waals surface area contributed by atoms with Crippen LogP contribution in [0.25, 0.3) is 0 Å². The molecule has 0 unspecified atom stereocenters. The number of nitrogens with zero attached hydrogens (tertiary/aromatic N) is 1. The van der Waals surface area contributed by atoms with Crippen LogP contribution in [0.15, 0.2) is 30.3 Å². The number of likely N-dealkylation sites (tertiary alicyclic amines) is 1. The van der Waals surface area contributed by atoms with Gasteiger partial charge in [0.1, 0.15) is 5.75 Å². The molecule has 1 N–H and O–H groups in total. The molecule has 1 aliphatic rings. The lowest BCUT2D eigenvalue weighted by Crippen LogP contribution is -2.43. The molecule has 1 fully saturated rings. The van der Waals surface area contributed by atoms with Gasteiger partial charge in [0.15, 0.2) is 9.84 Å². The molecule has 1 saturated heterocycles. The molecule has 0 atom stereocenters. The normalized spacial score (nSPS) is 15.6. The van der Waals surface area contributed by atoms with Gasteiger partial charge in [0.25, 0.3) is 0 Å². The predicted octanol–water partition coefficient (Wildman–Crippen LogP) is 1.91. The number of halogens is 1. The summed E-state index contributed by atoms with van der Waals surface area (Å²) >= 11 is 0. The Morgan fingerprint density at radius 1 is 1.20 bits per heavy atom. The minimum atomic E-state index is -3.33. The third-order valence-electron chi connectivity index (χ3n) is 4.57. The lowest BCUT2D eigenvalue weighted by atomic mass is 9.97. The van der Waals surface area contributed by atoms with Crippen LogP contribution in [0.2, 0.25) is 0 Å². The molecule has 25 heavy (non-hydrogen) atoms. The van der Waals surface area contributed by atoms with Gasteiger partial charge >= 0.3 is 0 Å². The van der Waals surface area contributed by atoms with Gasteiger partial charge in [-0.2, -0.15) is 0 Å². The first kappa shape index (κ1) is 21.9. The largest absolute Gasteiger partial charge is 0.342 e. The van der Waals surface area contributed by atoms with Crippen LogP contribution in [-0.2, 0) is 21.1 Å². The molecule has 0 radical (unpaired) electrons. The predicted molar refractivity (Wildman–Crippen MR) is 104 cm³/mol. The topological polar surface area (TPSA) is 66.5 Å². The fourth-order valence-corrected chi connectivity index (χ4v) is 4.45. The molecule has 1 aliphatic heterocycles. The second-order valence-electron chi connectivity index (χ2n) is 6.56. The van der Waals surface area contributed by atoms with E-state index in [2.05, 4.69) is 5.32 Å². The summed E-state index contributed by atoms with van der Waals surface area (Å²) in [5.41, 5.74) is 1.13. The standard InChI is InChI=1S/C18H28N2O3S.ClH/c1-19-14-17-9-11-20(12-10-17)18(21)15-24(22,23)13-5-8-16-6-3-2-4-7-16;/h2-4,6-7,17,19H,5,8-15H2,1H3;1H. The lowest BCUT2D eigenvalue weighted by Gasteiger charge is -2.31. The zero-order valence-electron chi connectivity index (χ0n) is 14.8. The number of benzene rings is 1. The number of piperidine rings is 1. The van der Waals surface area contributed by atoms with Crippen LogP contribution in [0.3, 0.4) is 0 Å². The highest BCUT2D eigenvalue weighted by Crippen LogP contribution is 2.17. The number of nitrogens with one attached hydrogen (secondary N) is 1. The third kappa shape index (κ3) is 7.75. The van der Waals surface area contributed by atoms with Gasteiger partial charge in [-0.15, -0.1) is 12.4 Å². The van der Waals surface area contributed by atoms with Crippen molar-refractivity contribution in [2.45, 2.75) is 25.7 Å². The van der Waals surface area contributed by atoms with Crippen molar-refractivity contribution in [3.8, 4) is 0 Å². The molecule has 0 saturated carbocycles. The van der Waals surface area contributed by atoms with E-state index in [-0.39, 0.29) is 29.8 Å². The van der Waals surface area contributed by atoms with E-state index in [4.69, 9.17) is 0 Å². The highest BCUT2D eigenvalue weighted by atomic mass is 35.5. The highest BCUT2D eigenvalue weighted by Gasteiger charge is 2.25. The first-order chi connectivity index (χ1) is 11.5. The zero-order valence-corrected chi connectivity index (χ0v) is 16.4. The smallest absolute Gasteiger partial charge is 0.237 e. The van der Waals surface area contributed by atoms with Gasteiger partial charge < -0.3 is 10.2 Å². The summed E-state index contributed by atoms with van der Waals surface area (Å²) in [5.74, 6) is 0.0710. The molecule has 1 heterocycles. The SMILES string of the molecule is CNCC1CCN(C(=O)CS(=O)(=O)CCCc2ccccc2)CC1.Cl. The Morgan fingerprint density at radius 2 is 1.84 bits per heavy atom. The molecule has 1 amide bonds. The van der Waals surface area contributed by atoms with Crippen LogP contribution in [0.4, 0.5) is 0 Å². The van der Waals surface area contributed by atoms with Crippen molar-refractivity contribution in [2.75, 3.05) is 38.2 Å². The number of rotatable bonds is 8. The molecule has 2 rings (SSSR count). The summed E-state index contributed by atoms with van der Waals surface area (Å²) in [5, 5.41) is 3.16. The number of carbonyl (C=O) groups excluding carboxylic acids is 1. The number of hydrogen-bond donors (Lipinski definition) is 1. The summed E-state index contributed by atoms with van der Waals surface area (Å²) < 4.78 is 24.4. The van der Waals surface area contributed by atoms with E-state index in [1.54, 1.807) is 4.90 Å². The molecule has 5 nitrogen and oxygen atoms in total. The second kappa shape index (κ2) is 10.8. The van der Waals surface area contributed by atoms with Crippen molar-refractivity contribution in [1.82, 2.24) is 10.2 Å². The highest BCUT2D eigenvalue weighted by molar-refractivity contribution is 7.92. The Labute approximate surface area is 157 Å². The molecule has 0 aliphatic carbocycles. The van der Waals surface area contributed by atoms with Crippen LogP contribution in [0, 0.1) is 5.92 Å². The number of sulfone groups is 1. The molecule has 0 bridgehead atoms. The van der Waals surface area contributed by atoms with Gasteiger partial charge in [-0.05, 0) is 50.8 Å².